The zero-order chi connectivity index (χ0) is 14.9. The van der Waals surface area contributed by atoms with Gasteiger partial charge in [-0.25, -0.2) is 13.1 Å². The van der Waals surface area contributed by atoms with Crippen molar-refractivity contribution in [3.8, 4) is 6.07 Å². The highest BCUT2D eigenvalue weighted by atomic mass is 32.2. The summed E-state index contributed by atoms with van der Waals surface area (Å²) in [6.07, 6.45) is 0. The van der Waals surface area contributed by atoms with E-state index in [4.69, 9.17) is 15.5 Å². The quantitative estimate of drug-likeness (QED) is 0.827. The Bertz CT molecular complexity index is 803. The first-order valence-corrected chi connectivity index (χ1v) is 7.09. The van der Waals surface area contributed by atoms with Crippen LogP contribution in [0.2, 0.25) is 0 Å². The first-order chi connectivity index (χ1) is 9.35. The molecule has 0 aliphatic heterocycles. The molecule has 0 saturated carbocycles. The van der Waals surface area contributed by atoms with Crippen molar-refractivity contribution in [3.05, 3.63) is 35.0 Å². The molecule has 0 amide bonds. The number of rotatable bonds is 3. The van der Waals surface area contributed by atoms with Crippen LogP contribution in [-0.2, 0) is 10.0 Å². The van der Waals surface area contributed by atoms with Gasteiger partial charge >= 0.3 is 0 Å². The minimum absolute atomic E-state index is 0.00885. The fourth-order valence-corrected chi connectivity index (χ4v) is 2.71. The van der Waals surface area contributed by atoms with Crippen LogP contribution in [-0.4, -0.2) is 13.6 Å². The van der Waals surface area contributed by atoms with Crippen molar-refractivity contribution in [2.24, 2.45) is 0 Å². The van der Waals surface area contributed by atoms with Crippen LogP contribution in [0.15, 0.2) is 27.6 Å². The van der Waals surface area contributed by atoms with Gasteiger partial charge in [0.25, 0.3) is 10.0 Å². The Morgan fingerprint density at radius 3 is 2.60 bits per heavy atom. The molecule has 104 valence electrons. The van der Waals surface area contributed by atoms with Gasteiger partial charge in [-0.2, -0.15) is 5.26 Å². The Kier molecular flexibility index (Phi) is 3.38. The van der Waals surface area contributed by atoms with Crippen LogP contribution in [0.1, 0.15) is 16.8 Å². The van der Waals surface area contributed by atoms with Crippen molar-refractivity contribution in [2.75, 3.05) is 10.5 Å². The monoisotopic (exact) mass is 292 g/mol. The molecule has 7 nitrogen and oxygen atoms in total. The summed E-state index contributed by atoms with van der Waals surface area (Å²) in [5, 5.41) is 12.4. The standard InChI is InChI=1S/C12H12N4O3S/c1-7-8(2)15-19-12(7)16-20(17,18)11-4-3-9(6-13)5-10(11)14/h3-5,16H,14H2,1-2H3. The van der Waals surface area contributed by atoms with Crippen LogP contribution < -0.4 is 10.5 Å². The summed E-state index contributed by atoms with van der Waals surface area (Å²) in [4.78, 5) is -0.120. The van der Waals surface area contributed by atoms with Crippen LogP contribution in [0.3, 0.4) is 0 Å². The minimum atomic E-state index is -3.90. The number of nitrogens with two attached hydrogens (primary N) is 1. The predicted molar refractivity (Wildman–Crippen MR) is 72.4 cm³/mol. The van der Waals surface area contributed by atoms with Gasteiger partial charge in [0, 0.05) is 5.56 Å². The van der Waals surface area contributed by atoms with E-state index < -0.39 is 10.0 Å². The van der Waals surface area contributed by atoms with E-state index in [1.807, 2.05) is 6.07 Å². The lowest BCUT2D eigenvalue weighted by molar-refractivity contribution is 0.430. The molecule has 0 atom stereocenters. The van der Waals surface area contributed by atoms with Gasteiger partial charge in [0.2, 0.25) is 5.88 Å². The summed E-state index contributed by atoms with van der Waals surface area (Å²) in [5.41, 5.74) is 7.13. The van der Waals surface area contributed by atoms with Gasteiger partial charge in [0.15, 0.2) is 0 Å². The Labute approximate surface area is 116 Å². The molecule has 0 fully saturated rings. The Morgan fingerprint density at radius 1 is 1.40 bits per heavy atom. The van der Waals surface area contributed by atoms with Crippen LogP contribution >= 0.6 is 0 Å². The zero-order valence-corrected chi connectivity index (χ0v) is 11.7. The van der Waals surface area contributed by atoms with Crippen molar-refractivity contribution in [3.63, 3.8) is 0 Å². The third kappa shape index (κ3) is 2.44. The molecule has 1 aromatic carbocycles. The summed E-state index contributed by atoms with van der Waals surface area (Å²) in [5.74, 6) is 0.0475. The first-order valence-electron chi connectivity index (χ1n) is 5.60. The van der Waals surface area contributed by atoms with Crippen molar-refractivity contribution >= 4 is 21.6 Å². The number of anilines is 2. The van der Waals surface area contributed by atoms with E-state index in [9.17, 15) is 8.42 Å². The second kappa shape index (κ2) is 4.86. The Morgan fingerprint density at radius 2 is 2.10 bits per heavy atom. The molecule has 0 spiro atoms. The highest BCUT2D eigenvalue weighted by Gasteiger charge is 2.21. The average molecular weight is 292 g/mol. The smallest absolute Gasteiger partial charge is 0.266 e. The molecule has 1 aromatic heterocycles. The minimum Gasteiger partial charge on any atom is -0.398 e. The number of nitrogen functional groups attached to an aromatic ring is 1. The lowest BCUT2D eigenvalue weighted by Gasteiger charge is -2.08. The third-order valence-electron chi connectivity index (χ3n) is 2.81. The number of hydrogen-bond donors (Lipinski definition) is 2. The fourth-order valence-electron chi connectivity index (χ4n) is 1.55. The normalized spacial score (nSPS) is 11.1. The molecule has 0 aliphatic carbocycles. The SMILES string of the molecule is Cc1noc(NS(=O)(=O)c2ccc(C#N)cc2N)c1C. The molecule has 2 rings (SSSR count). The molecule has 8 heteroatoms. The summed E-state index contributed by atoms with van der Waals surface area (Å²) in [6, 6.07) is 5.83. The maximum absolute atomic E-state index is 12.2. The molecular formula is C12H12N4O3S. The van der Waals surface area contributed by atoms with E-state index in [1.165, 1.54) is 18.2 Å². The topological polar surface area (TPSA) is 122 Å². The molecular weight excluding hydrogens is 280 g/mol. The second-order valence-electron chi connectivity index (χ2n) is 4.19. The van der Waals surface area contributed by atoms with Crippen LogP contribution in [0.5, 0.6) is 0 Å². The van der Waals surface area contributed by atoms with Gasteiger partial charge in [-0.3, -0.25) is 0 Å². The van der Waals surface area contributed by atoms with Gasteiger partial charge < -0.3 is 10.3 Å². The second-order valence-corrected chi connectivity index (χ2v) is 5.84. The van der Waals surface area contributed by atoms with Gasteiger partial charge in [0.1, 0.15) is 4.90 Å². The van der Waals surface area contributed by atoms with E-state index in [2.05, 4.69) is 9.88 Å². The van der Waals surface area contributed by atoms with Gasteiger partial charge in [-0.15, -0.1) is 0 Å². The molecule has 0 radical (unpaired) electrons. The zero-order valence-electron chi connectivity index (χ0n) is 10.8. The molecule has 2 aromatic rings. The van der Waals surface area contributed by atoms with Gasteiger partial charge in [-0.05, 0) is 32.0 Å². The number of aromatic nitrogens is 1. The number of hydrogen-bond acceptors (Lipinski definition) is 6. The van der Waals surface area contributed by atoms with Crippen molar-refractivity contribution in [2.45, 2.75) is 18.7 Å². The molecule has 3 N–H and O–H groups in total. The maximum atomic E-state index is 12.2. The summed E-state index contributed by atoms with van der Waals surface area (Å²) >= 11 is 0. The molecule has 0 unspecified atom stereocenters. The van der Waals surface area contributed by atoms with Crippen molar-refractivity contribution < 1.29 is 12.9 Å². The lowest BCUT2D eigenvalue weighted by atomic mass is 10.2. The van der Waals surface area contributed by atoms with Crippen LogP contribution in [0.4, 0.5) is 11.6 Å². The van der Waals surface area contributed by atoms with E-state index >= 15 is 0 Å². The number of sulfonamides is 1. The summed E-state index contributed by atoms with van der Waals surface area (Å²) in [7, 11) is -3.90. The molecule has 20 heavy (non-hydrogen) atoms. The first kappa shape index (κ1) is 13.9. The summed E-state index contributed by atoms with van der Waals surface area (Å²) in [6.45, 7) is 3.39. The van der Waals surface area contributed by atoms with Crippen LogP contribution in [0.25, 0.3) is 0 Å². The predicted octanol–water partition coefficient (Wildman–Crippen LogP) is 1.55. The third-order valence-corrected chi connectivity index (χ3v) is 4.22. The van der Waals surface area contributed by atoms with Crippen LogP contribution in [0, 0.1) is 25.2 Å². The maximum Gasteiger partial charge on any atom is 0.266 e. The van der Waals surface area contributed by atoms with Crippen molar-refractivity contribution in [1.82, 2.24) is 5.16 Å². The van der Waals surface area contributed by atoms with Crippen molar-refractivity contribution in [1.29, 1.82) is 5.26 Å². The summed E-state index contributed by atoms with van der Waals surface area (Å²) < 4.78 is 31.6. The molecule has 1 heterocycles. The lowest BCUT2D eigenvalue weighted by Crippen LogP contribution is -2.15. The number of aryl methyl sites for hydroxylation is 1. The van der Waals surface area contributed by atoms with E-state index in [1.54, 1.807) is 13.8 Å². The van der Waals surface area contributed by atoms with E-state index in [0.29, 0.717) is 11.3 Å². The van der Waals surface area contributed by atoms with Gasteiger partial charge in [0.05, 0.1) is 23.0 Å². The highest BCUT2D eigenvalue weighted by molar-refractivity contribution is 7.92. The van der Waals surface area contributed by atoms with E-state index in [0.717, 1.165) is 0 Å². The largest absolute Gasteiger partial charge is 0.398 e. The van der Waals surface area contributed by atoms with E-state index in [-0.39, 0.29) is 22.0 Å². The fraction of sp³-hybridized carbons (Fsp3) is 0.167. The van der Waals surface area contributed by atoms with Gasteiger partial charge in [-0.1, -0.05) is 5.16 Å². The number of nitriles is 1. The number of benzene rings is 1. The molecule has 0 bridgehead atoms. The average Bonchev–Trinajstić information content (AvgIpc) is 2.69. The number of nitrogens with one attached hydrogen (secondary N) is 1. The number of nitrogens with zero attached hydrogens (tertiary/aromatic N) is 2. The molecule has 0 saturated heterocycles. The highest BCUT2D eigenvalue weighted by Crippen LogP contribution is 2.25. The Balaban J connectivity index is 2.41. The Hall–Kier alpha value is -2.53. The molecule has 0 aliphatic rings.